The van der Waals surface area contributed by atoms with Gasteiger partial charge in [0.25, 0.3) is 0 Å². The largest absolute Gasteiger partial charge is 0.461 e. The summed E-state index contributed by atoms with van der Waals surface area (Å²) in [5, 5.41) is 1.09. The highest BCUT2D eigenvalue weighted by atomic mass is 32.1. The van der Waals surface area contributed by atoms with Crippen LogP contribution < -0.4 is 0 Å². The van der Waals surface area contributed by atoms with Crippen molar-refractivity contribution in [3.63, 3.8) is 0 Å². The van der Waals surface area contributed by atoms with Gasteiger partial charge >= 0.3 is 5.97 Å². The van der Waals surface area contributed by atoms with Crippen molar-refractivity contribution in [2.24, 2.45) is 0 Å². The van der Waals surface area contributed by atoms with Crippen LogP contribution in [0.3, 0.4) is 0 Å². The van der Waals surface area contributed by atoms with E-state index in [2.05, 4.69) is 23.8 Å². The third-order valence-corrected chi connectivity index (χ3v) is 3.86. The predicted octanol–water partition coefficient (Wildman–Crippen LogP) is 3.23. The molecule has 0 amide bonds. The molecule has 0 aliphatic carbocycles. The van der Waals surface area contributed by atoms with E-state index in [-0.39, 0.29) is 5.97 Å². The number of aromatic nitrogens is 2. The van der Waals surface area contributed by atoms with Crippen LogP contribution in [-0.2, 0) is 4.74 Å². The summed E-state index contributed by atoms with van der Waals surface area (Å²) in [6.45, 7) is 8.30. The molecular weight excluding hydrogens is 236 g/mol. The lowest BCUT2D eigenvalue weighted by Crippen LogP contribution is -2.06. The van der Waals surface area contributed by atoms with Gasteiger partial charge in [-0.2, -0.15) is 0 Å². The molecule has 0 saturated carbocycles. The molecule has 0 bridgehead atoms. The molecule has 2 heterocycles. The van der Waals surface area contributed by atoms with Crippen molar-refractivity contribution in [3.05, 3.63) is 16.3 Å². The average Bonchev–Trinajstić information content (AvgIpc) is 2.79. The van der Waals surface area contributed by atoms with Gasteiger partial charge in [-0.25, -0.2) is 9.78 Å². The Bertz CT molecular complexity index is 554. The number of H-pyrrole nitrogens is 1. The molecule has 92 valence electrons. The zero-order valence-electron chi connectivity index (χ0n) is 10.5. The lowest BCUT2D eigenvalue weighted by Gasteiger charge is -2.00. The number of fused-ring (bicyclic) bond motifs is 1. The average molecular weight is 252 g/mol. The number of carbonyl (C=O) groups is 1. The van der Waals surface area contributed by atoms with Gasteiger partial charge in [0.15, 0.2) is 0 Å². The Morgan fingerprint density at radius 3 is 2.76 bits per heavy atom. The molecule has 0 aliphatic rings. The molecule has 0 radical (unpaired) electrons. The van der Waals surface area contributed by atoms with Crippen molar-refractivity contribution in [1.29, 1.82) is 0 Å². The Kier molecular flexibility index (Phi) is 3.19. The van der Waals surface area contributed by atoms with Crippen LogP contribution in [0, 0.1) is 6.92 Å². The molecule has 2 aromatic rings. The molecule has 1 N–H and O–H groups in total. The van der Waals surface area contributed by atoms with Crippen molar-refractivity contribution in [2.75, 3.05) is 6.61 Å². The number of nitrogens with zero attached hydrogens (tertiary/aromatic N) is 1. The predicted molar refractivity (Wildman–Crippen MR) is 68.8 cm³/mol. The fraction of sp³-hybridized carbons (Fsp3) is 0.500. The lowest BCUT2D eigenvalue weighted by atomic mass is 10.2. The van der Waals surface area contributed by atoms with Crippen LogP contribution in [0.15, 0.2) is 0 Å². The topological polar surface area (TPSA) is 55.0 Å². The molecule has 0 spiro atoms. The Labute approximate surface area is 104 Å². The second kappa shape index (κ2) is 4.49. The Morgan fingerprint density at radius 1 is 1.53 bits per heavy atom. The summed E-state index contributed by atoms with van der Waals surface area (Å²) in [6.07, 6.45) is 0. The number of aromatic amines is 1. The maximum absolute atomic E-state index is 11.7. The highest BCUT2D eigenvalue weighted by Crippen LogP contribution is 2.30. The van der Waals surface area contributed by atoms with Crippen LogP contribution in [0.1, 0.15) is 47.7 Å². The smallest absolute Gasteiger partial charge is 0.355 e. The first-order valence-corrected chi connectivity index (χ1v) is 6.52. The third kappa shape index (κ3) is 2.07. The van der Waals surface area contributed by atoms with E-state index in [1.54, 1.807) is 18.3 Å². The fourth-order valence-electron chi connectivity index (χ4n) is 1.66. The van der Waals surface area contributed by atoms with E-state index in [1.807, 2.05) is 6.92 Å². The van der Waals surface area contributed by atoms with E-state index in [1.165, 1.54) is 0 Å². The number of aryl methyl sites for hydroxylation is 1. The van der Waals surface area contributed by atoms with Crippen LogP contribution in [-0.4, -0.2) is 22.5 Å². The minimum Gasteiger partial charge on any atom is -0.461 e. The monoisotopic (exact) mass is 252 g/mol. The minimum absolute atomic E-state index is 0.304. The maximum Gasteiger partial charge on any atom is 0.355 e. The number of hydrogen-bond acceptors (Lipinski definition) is 4. The SMILES string of the molecule is CCOC(=O)c1[nH]c2sc(C(C)C)nc2c1C. The zero-order chi connectivity index (χ0) is 12.6. The number of nitrogens with one attached hydrogen (secondary N) is 1. The molecular formula is C12H16N2O2S. The summed E-state index contributed by atoms with van der Waals surface area (Å²) in [4.78, 5) is 20.3. The molecule has 0 saturated heterocycles. The molecule has 0 unspecified atom stereocenters. The molecule has 0 aromatic carbocycles. The highest BCUT2D eigenvalue weighted by molar-refractivity contribution is 7.18. The van der Waals surface area contributed by atoms with Crippen molar-refractivity contribution < 1.29 is 9.53 Å². The van der Waals surface area contributed by atoms with Crippen LogP contribution >= 0.6 is 11.3 Å². The Balaban J connectivity index is 2.45. The molecule has 0 aliphatic heterocycles. The maximum atomic E-state index is 11.7. The summed E-state index contributed by atoms with van der Waals surface area (Å²) in [7, 11) is 0. The van der Waals surface area contributed by atoms with Gasteiger partial charge in [0.05, 0.1) is 11.6 Å². The van der Waals surface area contributed by atoms with Gasteiger partial charge in [-0.05, 0) is 13.8 Å². The lowest BCUT2D eigenvalue weighted by molar-refractivity contribution is 0.0520. The van der Waals surface area contributed by atoms with Crippen LogP contribution in [0.2, 0.25) is 0 Å². The first-order valence-electron chi connectivity index (χ1n) is 5.70. The Morgan fingerprint density at radius 2 is 2.24 bits per heavy atom. The quantitative estimate of drug-likeness (QED) is 0.853. The summed E-state index contributed by atoms with van der Waals surface area (Å²) in [5.41, 5.74) is 2.29. The number of ether oxygens (including phenoxy) is 1. The zero-order valence-corrected chi connectivity index (χ0v) is 11.3. The van der Waals surface area contributed by atoms with Gasteiger partial charge in [0, 0.05) is 11.5 Å². The fourth-order valence-corrected chi connectivity index (χ4v) is 2.69. The molecule has 0 fully saturated rings. The number of thiazole rings is 1. The van der Waals surface area contributed by atoms with E-state index >= 15 is 0 Å². The van der Waals surface area contributed by atoms with Crippen LogP contribution in [0.4, 0.5) is 0 Å². The van der Waals surface area contributed by atoms with Crippen LogP contribution in [0.5, 0.6) is 0 Å². The van der Waals surface area contributed by atoms with Gasteiger partial charge in [-0.3, -0.25) is 0 Å². The van der Waals surface area contributed by atoms with Gasteiger partial charge in [-0.1, -0.05) is 13.8 Å². The first-order chi connectivity index (χ1) is 8.04. The van der Waals surface area contributed by atoms with Crippen molar-refractivity contribution in [1.82, 2.24) is 9.97 Å². The second-order valence-corrected chi connectivity index (χ2v) is 5.26. The summed E-state index contributed by atoms with van der Waals surface area (Å²) in [5.74, 6) is 0.104. The van der Waals surface area contributed by atoms with Gasteiger partial charge < -0.3 is 9.72 Å². The van der Waals surface area contributed by atoms with Gasteiger partial charge in [0.2, 0.25) is 0 Å². The number of hydrogen-bond donors (Lipinski definition) is 1. The van der Waals surface area contributed by atoms with Crippen molar-refractivity contribution in [3.8, 4) is 0 Å². The van der Waals surface area contributed by atoms with Crippen molar-refractivity contribution in [2.45, 2.75) is 33.6 Å². The van der Waals surface area contributed by atoms with E-state index in [9.17, 15) is 4.79 Å². The Hall–Kier alpha value is -1.36. The second-order valence-electron chi connectivity index (χ2n) is 4.23. The van der Waals surface area contributed by atoms with Crippen LogP contribution in [0.25, 0.3) is 10.3 Å². The number of carbonyl (C=O) groups excluding carboxylic acids is 1. The van der Waals surface area contributed by atoms with E-state index in [0.29, 0.717) is 18.2 Å². The molecule has 17 heavy (non-hydrogen) atoms. The number of rotatable bonds is 3. The van der Waals surface area contributed by atoms with Crippen molar-refractivity contribution >= 4 is 27.7 Å². The molecule has 5 heteroatoms. The number of esters is 1. The molecule has 0 atom stereocenters. The van der Waals surface area contributed by atoms with Gasteiger partial charge in [0.1, 0.15) is 16.0 Å². The summed E-state index contributed by atoms with van der Waals surface area (Å²) >= 11 is 1.60. The molecule has 4 nitrogen and oxygen atoms in total. The molecule has 2 rings (SSSR count). The molecule has 2 aromatic heterocycles. The minimum atomic E-state index is -0.304. The highest BCUT2D eigenvalue weighted by Gasteiger charge is 2.19. The summed E-state index contributed by atoms with van der Waals surface area (Å²) in [6, 6.07) is 0. The third-order valence-electron chi connectivity index (χ3n) is 2.59. The van der Waals surface area contributed by atoms with Gasteiger partial charge in [-0.15, -0.1) is 11.3 Å². The normalized spacial score (nSPS) is 11.4. The standard InChI is InChI=1S/C12H16N2O2S/c1-5-16-12(15)9-7(4)8-11(14-9)17-10(13-8)6(2)3/h6,14H,5H2,1-4H3. The van der Waals surface area contributed by atoms with E-state index in [0.717, 1.165) is 20.9 Å². The van der Waals surface area contributed by atoms with E-state index < -0.39 is 0 Å². The van der Waals surface area contributed by atoms with E-state index in [4.69, 9.17) is 4.74 Å². The first kappa shape index (κ1) is 12.1. The summed E-state index contributed by atoms with van der Waals surface area (Å²) < 4.78 is 4.99.